The Hall–Kier alpha value is -3.61. The smallest absolute Gasteiger partial charge is 0.336 e. The van der Waals surface area contributed by atoms with Crippen LogP contribution in [0.4, 0.5) is 0 Å². The van der Waals surface area contributed by atoms with E-state index in [1.165, 1.54) is 19.1 Å². The van der Waals surface area contributed by atoms with Crippen LogP contribution in [0.25, 0.3) is 22.1 Å². The quantitative estimate of drug-likeness (QED) is 0.559. The molecule has 1 aromatic heterocycles. The van der Waals surface area contributed by atoms with Gasteiger partial charge in [-0.15, -0.1) is 0 Å². The van der Waals surface area contributed by atoms with E-state index in [1.807, 2.05) is 44.2 Å². The molecule has 0 aliphatic heterocycles. The van der Waals surface area contributed by atoms with Gasteiger partial charge in [-0.05, 0) is 42.5 Å². The van der Waals surface area contributed by atoms with E-state index < -0.39 is 29.6 Å². The highest BCUT2D eigenvalue weighted by atomic mass is 16.5. The molecule has 7 heteroatoms. The number of aliphatic carboxylic acids is 1. The molecule has 0 bridgehead atoms. The summed E-state index contributed by atoms with van der Waals surface area (Å²) in [5.41, 5.74) is 1.43. The average molecular weight is 422 g/mol. The van der Waals surface area contributed by atoms with E-state index in [2.05, 4.69) is 5.32 Å². The zero-order valence-corrected chi connectivity index (χ0v) is 17.6. The predicted octanol–water partition coefficient (Wildman–Crippen LogP) is 2.51. The monoisotopic (exact) mass is 422 g/mol. The maximum absolute atomic E-state index is 12.4. The molecule has 0 saturated carbocycles. The summed E-state index contributed by atoms with van der Waals surface area (Å²) in [5, 5.41) is 14.4. The third-order valence-electron chi connectivity index (χ3n) is 4.79. The van der Waals surface area contributed by atoms with Crippen LogP contribution in [0.3, 0.4) is 0 Å². The van der Waals surface area contributed by atoms with Crippen molar-refractivity contribution in [3.8, 4) is 16.9 Å². The van der Waals surface area contributed by atoms with Crippen molar-refractivity contribution in [1.82, 2.24) is 5.32 Å². The highest BCUT2D eigenvalue weighted by molar-refractivity contribution is 5.93. The second kappa shape index (κ2) is 9.47. The minimum atomic E-state index is -1.34. The molecule has 0 fully saturated rings. The largest absolute Gasteiger partial charge is 0.548 e. The molecule has 2 atom stereocenters. The number of carboxylic acids is 1. The Morgan fingerprint density at radius 1 is 1.06 bits per heavy atom. The fourth-order valence-corrected chi connectivity index (χ4v) is 3.31. The Morgan fingerprint density at radius 3 is 2.42 bits per heavy atom. The van der Waals surface area contributed by atoms with Crippen molar-refractivity contribution in [2.75, 3.05) is 0 Å². The minimum Gasteiger partial charge on any atom is -0.548 e. The lowest BCUT2D eigenvalue weighted by Gasteiger charge is -2.23. The summed E-state index contributed by atoms with van der Waals surface area (Å²) >= 11 is 0. The van der Waals surface area contributed by atoms with E-state index >= 15 is 0 Å². The van der Waals surface area contributed by atoms with Crippen LogP contribution in [0.2, 0.25) is 0 Å². The number of amides is 1. The predicted molar refractivity (Wildman–Crippen MR) is 114 cm³/mol. The highest BCUT2D eigenvalue weighted by Gasteiger charge is 2.21. The lowest BCUT2D eigenvalue weighted by Crippen LogP contribution is -2.51. The molecule has 0 aliphatic rings. The first-order chi connectivity index (χ1) is 14.7. The SMILES string of the molecule is CC(C)CC(NC(=O)C(C)Oc1ccc2c(-c3ccccc3)cc(=O)oc2c1)C(=O)[O-]. The van der Waals surface area contributed by atoms with Gasteiger partial charge in [0.2, 0.25) is 0 Å². The van der Waals surface area contributed by atoms with Gasteiger partial charge in [-0.2, -0.15) is 0 Å². The Kier molecular flexibility index (Phi) is 6.74. The molecule has 0 aliphatic carbocycles. The Morgan fingerprint density at radius 2 is 1.77 bits per heavy atom. The maximum Gasteiger partial charge on any atom is 0.336 e. The summed E-state index contributed by atoms with van der Waals surface area (Å²) in [6, 6.07) is 14.8. The van der Waals surface area contributed by atoms with E-state index in [0.29, 0.717) is 11.3 Å². The summed E-state index contributed by atoms with van der Waals surface area (Å²) in [6.45, 7) is 5.22. The van der Waals surface area contributed by atoms with Crippen molar-refractivity contribution in [1.29, 1.82) is 0 Å². The van der Waals surface area contributed by atoms with Crippen LogP contribution in [-0.2, 0) is 9.59 Å². The first-order valence-electron chi connectivity index (χ1n) is 10.1. The number of carbonyl (C=O) groups is 2. The first-order valence-corrected chi connectivity index (χ1v) is 10.1. The lowest BCUT2D eigenvalue weighted by atomic mass is 10.0. The third kappa shape index (κ3) is 5.51. The van der Waals surface area contributed by atoms with E-state index in [0.717, 1.165) is 16.5 Å². The van der Waals surface area contributed by atoms with Gasteiger partial charge >= 0.3 is 5.63 Å². The normalized spacial score (nSPS) is 13.0. The van der Waals surface area contributed by atoms with Crippen LogP contribution in [-0.4, -0.2) is 24.0 Å². The fraction of sp³-hybridized carbons (Fsp3) is 0.292. The van der Waals surface area contributed by atoms with Crippen molar-refractivity contribution in [2.24, 2.45) is 5.92 Å². The number of hydrogen-bond acceptors (Lipinski definition) is 6. The van der Waals surface area contributed by atoms with Gasteiger partial charge < -0.3 is 24.4 Å². The summed E-state index contributed by atoms with van der Waals surface area (Å²) in [6.07, 6.45) is -0.708. The van der Waals surface area contributed by atoms with Crippen molar-refractivity contribution in [2.45, 2.75) is 39.3 Å². The first kappa shape index (κ1) is 22.1. The molecule has 3 rings (SSSR count). The maximum atomic E-state index is 12.4. The van der Waals surface area contributed by atoms with Gasteiger partial charge in [-0.3, -0.25) is 4.79 Å². The van der Waals surface area contributed by atoms with Gasteiger partial charge in [0.05, 0.1) is 12.0 Å². The van der Waals surface area contributed by atoms with Gasteiger partial charge in [0, 0.05) is 17.5 Å². The number of carboxylic acid groups (broad SMARTS) is 1. The molecule has 0 saturated heterocycles. The van der Waals surface area contributed by atoms with E-state index in [-0.39, 0.29) is 12.3 Å². The lowest BCUT2D eigenvalue weighted by molar-refractivity contribution is -0.308. The van der Waals surface area contributed by atoms with Crippen LogP contribution >= 0.6 is 0 Å². The van der Waals surface area contributed by atoms with Gasteiger partial charge in [-0.1, -0.05) is 44.2 Å². The number of rotatable bonds is 8. The molecule has 2 aromatic carbocycles. The molecule has 162 valence electrons. The summed E-state index contributed by atoms with van der Waals surface area (Å²) in [4.78, 5) is 35.7. The number of nitrogens with one attached hydrogen (secondary N) is 1. The second-order valence-corrected chi connectivity index (χ2v) is 7.77. The van der Waals surface area contributed by atoms with Crippen molar-refractivity contribution in [3.05, 3.63) is 65.0 Å². The molecule has 0 radical (unpaired) electrons. The van der Waals surface area contributed by atoms with E-state index in [4.69, 9.17) is 9.15 Å². The van der Waals surface area contributed by atoms with Crippen LogP contribution in [0.5, 0.6) is 5.75 Å². The number of hydrogen-bond donors (Lipinski definition) is 1. The number of ether oxygens (including phenoxy) is 1. The molecule has 1 amide bonds. The molecule has 1 heterocycles. The Bertz CT molecular complexity index is 1140. The molecule has 1 N–H and O–H groups in total. The molecule has 0 spiro atoms. The number of carbonyl (C=O) groups excluding carboxylic acids is 2. The molecule has 31 heavy (non-hydrogen) atoms. The van der Waals surface area contributed by atoms with Crippen molar-refractivity contribution < 1.29 is 23.8 Å². The van der Waals surface area contributed by atoms with Crippen molar-refractivity contribution >= 4 is 22.8 Å². The summed E-state index contributed by atoms with van der Waals surface area (Å²) < 4.78 is 11.0. The molecule has 2 unspecified atom stereocenters. The molecular weight excluding hydrogens is 398 g/mol. The number of fused-ring (bicyclic) bond motifs is 1. The zero-order valence-electron chi connectivity index (χ0n) is 17.6. The van der Waals surface area contributed by atoms with E-state index in [1.54, 1.807) is 12.1 Å². The minimum absolute atomic E-state index is 0.0709. The number of benzene rings is 2. The zero-order chi connectivity index (χ0) is 22.5. The second-order valence-electron chi connectivity index (χ2n) is 7.77. The average Bonchev–Trinajstić information content (AvgIpc) is 2.72. The van der Waals surface area contributed by atoms with Crippen LogP contribution in [0.15, 0.2) is 63.8 Å². The topological polar surface area (TPSA) is 109 Å². The molecule has 7 nitrogen and oxygen atoms in total. The van der Waals surface area contributed by atoms with Crippen LogP contribution < -0.4 is 20.8 Å². The van der Waals surface area contributed by atoms with Gasteiger partial charge in [0.15, 0.2) is 6.10 Å². The van der Waals surface area contributed by atoms with Gasteiger partial charge in [0.25, 0.3) is 5.91 Å². The highest BCUT2D eigenvalue weighted by Crippen LogP contribution is 2.29. The van der Waals surface area contributed by atoms with Crippen molar-refractivity contribution in [3.63, 3.8) is 0 Å². The summed E-state index contributed by atoms with van der Waals surface area (Å²) in [7, 11) is 0. The molecular formula is C24H24NO6-. The van der Waals surface area contributed by atoms with Crippen LogP contribution in [0, 0.1) is 5.92 Å². The van der Waals surface area contributed by atoms with Gasteiger partial charge in [-0.25, -0.2) is 4.79 Å². The Labute approximate surface area is 179 Å². The van der Waals surface area contributed by atoms with E-state index in [9.17, 15) is 19.5 Å². The van der Waals surface area contributed by atoms with Gasteiger partial charge in [0.1, 0.15) is 11.3 Å². The fourth-order valence-electron chi connectivity index (χ4n) is 3.31. The summed E-state index contributed by atoms with van der Waals surface area (Å²) in [5.74, 6) is -1.52. The Balaban J connectivity index is 1.81. The molecule has 3 aromatic rings. The third-order valence-corrected chi connectivity index (χ3v) is 4.79. The standard InChI is InChI=1S/C24H25NO6/c1-14(2)11-20(24(28)29)25-23(27)15(3)30-17-9-10-18-19(16-7-5-4-6-8-16)13-22(26)31-21(18)12-17/h4-10,12-15,20H,11H2,1-3H3,(H,25,27)(H,28,29)/p-1. The van der Waals surface area contributed by atoms with Crippen LogP contribution in [0.1, 0.15) is 27.2 Å².